The van der Waals surface area contributed by atoms with Gasteiger partial charge in [-0.3, -0.25) is 14.9 Å². The summed E-state index contributed by atoms with van der Waals surface area (Å²) in [5.74, 6) is -0.451. The molecule has 0 aromatic heterocycles. The Kier molecular flexibility index (Phi) is 4.01. The average Bonchev–Trinajstić information content (AvgIpc) is 2.84. The van der Waals surface area contributed by atoms with E-state index in [0.29, 0.717) is 18.6 Å². The van der Waals surface area contributed by atoms with Gasteiger partial charge in [0.2, 0.25) is 0 Å². The van der Waals surface area contributed by atoms with Crippen molar-refractivity contribution in [2.24, 2.45) is 0 Å². The van der Waals surface area contributed by atoms with Gasteiger partial charge in [0.1, 0.15) is 5.60 Å². The van der Waals surface area contributed by atoms with Crippen molar-refractivity contribution >= 4 is 11.6 Å². The highest BCUT2D eigenvalue weighted by atomic mass is 16.6. The molecule has 2 rings (SSSR count). The minimum Gasteiger partial charge on any atom is -0.386 e. The van der Waals surface area contributed by atoms with Crippen LogP contribution in [0, 0.1) is 17.0 Å². The van der Waals surface area contributed by atoms with E-state index in [1.165, 1.54) is 18.2 Å². The fourth-order valence-electron chi connectivity index (χ4n) is 2.03. The first-order valence-electron chi connectivity index (χ1n) is 6.25. The van der Waals surface area contributed by atoms with Crippen LogP contribution in [0.25, 0.3) is 0 Å². The zero-order valence-electron chi connectivity index (χ0n) is 11.1. The summed E-state index contributed by atoms with van der Waals surface area (Å²) in [6.07, 6.45) is 0.460. The van der Waals surface area contributed by atoms with Crippen LogP contribution in [0.1, 0.15) is 22.3 Å². The first-order chi connectivity index (χ1) is 9.41. The van der Waals surface area contributed by atoms with E-state index in [9.17, 15) is 20.0 Å². The minimum atomic E-state index is -1.05. The lowest BCUT2D eigenvalue weighted by Crippen LogP contribution is -2.43. The van der Waals surface area contributed by atoms with Gasteiger partial charge in [-0.1, -0.05) is 6.07 Å². The van der Waals surface area contributed by atoms with Crippen molar-refractivity contribution < 1.29 is 19.6 Å². The van der Waals surface area contributed by atoms with Crippen LogP contribution in [-0.2, 0) is 4.74 Å². The molecule has 0 saturated carbocycles. The van der Waals surface area contributed by atoms with E-state index in [0.717, 1.165) is 0 Å². The summed E-state index contributed by atoms with van der Waals surface area (Å²) in [7, 11) is 0. The molecule has 1 heterocycles. The first-order valence-corrected chi connectivity index (χ1v) is 6.25. The zero-order chi connectivity index (χ0) is 14.8. The number of nitro groups is 1. The lowest BCUT2D eigenvalue weighted by Gasteiger charge is -2.20. The molecule has 0 radical (unpaired) electrons. The lowest BCUT2D eigenvalue weighted by atomic mass is 10.0. The standard InChI is InChI=1S/C13H16N2O5/c1-9-2-3-10(6-11(9)15(18)19)12(16)14-7-13(17)4-5-20-8-13/h2-3,6,17H,4-5,7-8H2,1H3,(H,14,16). The molecule has 1 unspecified atom stereocenters. The number of aryl methyl sites for hydroxylation is 1. The van der Waals surface area contributed by atoms with Gasteiger partial charge in [0.05, 0.1) is 11.5 Å². The summed E-state index contributed by atoms with van der Waals surface area (Å²) in [5, 5.41) is 23.4. The van der Waals surface area contributed by atoms with Crippen LogP contribution >= 0.6 is 0 Å². The van der Waals surface area contributed by atoms with Gasteiger partial charge in [0, 0.05) is 36.8 Å². The number of nitro benzene ring substituents is 1. The molecule has 2 N–H and O–H groups in total. The molecule has 1 fully saturated rings. The summed E-state index contributed by atoms with van der Waals surface area (Å²) in [5.41, 5.74) is -0.452. The van der Waals surface area contributed by atoms with Gasteiger partial charge in [-0.2, -0.15) is 0 Å². The number of nitrogens with one attached hydrogen (secondary N) is 1. The Hall–Kier alpha value is -1.99. The van der Waals surface area contributed by atoms with Gasteiger partial charge >= 0.3 is 0 Å². The molecule has 7 nitrogen and oxygen atoms in total. The van der Waals surface area contributed by atoms with Crippen LogP contribution in [0.4, 0.5) is 5.69 Å². The third-order valence-electron chi connectivity index (χ3n) is 3.33. The third kappa shape index (κ3) is 3.12. The summed E-state index contributed by atoms with van der Waals surface area (Å²) < 4.78 is 5.07. The maximum atomic E-state index is 11.9. The number of carbonyl (C=O) groups excluding carboxylic acids is 1. The number of nitrogens with zero attached hydrogens (tertiary/aromatic N) is 1. The maximum Gasteiger partial charge on any atom is 0.273 e. The topological polar surface area (TPSA) is 102 Å². The number of hydrogen-bond acceptors (Lipinski definition) is 5. The molecular weight excluding hydrogens is 264 g/mol. The van der Waals surface area contributed by atoms with Crippen molar-refractivity contribution in [2.45, 2.75) is 18.9 Å². The quantitative estimate of drug-likeness (QED) is 0.627. The number of benzene rings is 1. The second-order valence-corrected chi connectivity index (χ2v) is 4.97. The highest BCUT2D eigenvalue weighted by Crippen LogP contribution is 2.20. The van der Waals surface area contributed by atoms with Crippen molar-refractivity contribution in [1.29, 1.82) is 0 Å². The number of ether oxygens (including phenoxy) is 1. The Labute approximate surface area is 115 Å². The molecular formula is C13H16N2O5. The smallest absolute Gasteiger partial charge is 0.273 e. The summed E-state index contributed by atoms with van der Waals surface area (Å²) in [6, 6.07) is 4.28. The first kappa shape index (κ1) is 14.4. The number of rotatable bonds is 4. The van der Waals surface area contributed by atoms with E-state index in [-0.39, 0.29) is 24.4 Å². The van der Waals surface area contributed by atoms with Crippen molar-refractivity contribution in [3.05, 3.63) is 39.4 Å². The van der Waals surface area contributed by atoms with Crippen LogP contribution in [0.2, 0.25) is 0 Å². The second kappa shape index (κ2) is 5.56. The molecule has 1 aliphatic heterocycles. The van der Waals surface area contributed by atoms with Crippen molar-refractivity contribution in [2.75, 3.05) is 19.8 Å². The fraction of sp³-hybridized carbons (Fsp3) is 0.462. The highest BCUT2D eigenvalue weighted by molar-refractivity contribution is 5.95. The summed E-state index contributed by atoms with van der Waals surface area (Å²) >= 11 is 0. The Morgan fingerprint density at radius 2 is 2.35 bits per heavy atom. The highest BCUT2D eigenvalue weighted by Gasteiger charge is 2.32. The molecule has 108 valence electrons. The van der Waals surface area contributed by atoms with Crippen molar-refractivity contribution in [3.8, 4) is 0 Å². The molecule has 1 atom stereocenters. The second-order valence-electron chi connectivity index (χ2n) is 4.97. The number of carbonyl (C=O) groups is 1. The van der Waals surface area contributed by atoms with Gasteiger partial charge in [0.25, 0.3) is 11.6 Å². The van der Waals surface area contributed by atoms with E-state index in [4.69, 9.17) is 4.74 Å². The molecule has 1 amide bonds. The molecule has 0 spiro atoms. The van der Waals surface area contributed by atoms with Crippen LogP contribution in [0.5, 0.6) is 0 Å². The lowest BCUT2D eigenvalue weighted by molar-refractivity contribution is -0.385. The SMILES string of the molecule is Cc1ccc(C(=O)NCC2(O)CCOC2)cc1[N+](=O)[O-]. The normalized spacial score (nSPS) is 21.7. The predicted octanol–water partition coefficient (Wildman–Crippen LogP) is 0.784. The molecule has 0 bridgehead atoms. The molecule has 1 aromatic rings. The van der Waals surface area contributed by atoms with Crippen molar-refractivity contribution in [1.82, 2.24) is 5.32 Å². The molecule has 7 heteroatoms. The largest absolute Gasteiger partial charge is 0.386 e. The Morgan fingerprint density at radius 3 is 2.95 bits per heavy atom. The van der Waals surface area contributed by atoms with Crippen LogP contribution in [0.15, 0.2) is 18.2 Å². The van der Waals surface area contributed by atoms with Crippen molar-refractivity contribution in [3.63, 3.8) is 0 Å². The number of amides is 1. The average molecular weight is 280 g/mol. The third-order valence-corrected chi connectivity index (χ3v) is 3.33. The molecule has 0 aliphatic carbocycles. The van der Waals surface area contributed by atoms with Gasteiger partial charge in [0.15, 0.2) is 0 Å². The molecule has 1 aromatic carbocycles. The Balaban J connectivity index is 2.06. The van der Waals surface area contributed by atoms with E-state index >= 15 is 0 Å². The van der Waals surface area contributed by atoms with E-state index in [2.05, 4.69) is 5.32 Å². The molecule has 1 aliphatic rings. The van der Waals surface area contributed by atoms with Crippen LogP contribution in [-0.4, -0.2) is 41.3 Å². The van der Waals surface area contributed by atoms with Gasteiger partial charge in [-0.15, -0.1) is 0 Å². The van der Waals surface area contributed by atoms with E-state index < -0.39 is 16.4 Å². The monoisotopic (exact) mass is 280 g/mol. The van der Waals surface area contributed by atoms with Crippen LogP contribution in [0.3, 0.4) is 0 Å². The summed E-state index contributed by atoms with van der Waals surface area (Å²) in [6.45, 7) is 2.32. The van der Waals surface area contributed by atoms with E-state index in [1.807, 2.05) is 0 Å². The van der Waals surface area contributed by atoms with Gasteiger partial charge in [-0.05, 0) is 13.0 Å². The number of aliphatic hydroxyl groups is 1. The Morgan fingerprint density at radius 1 is 1.60 bits per heavy atom. The molecule has 20 heavy (non-hydrogen) atoms. The zero-order valence-corrected chi connectivity index (χ0v) is 11.1. The van der Waals surface area contributed by atoms with Crippen LogP contribution < -0.4 is 5.32 Å². The Bertz CT molecular complexity index is 538. The maximum absolute atomic E-state index is 11.9. The minimum absolute atomic E-state index is 0.0630. The van der Waals surface area contributed by atoms with Gasteiger partial charge in [-0.25, -0.2) is 0 Å². The number of hydrogen-bond donors (Lipinski definition) is 2. The molecule has 1 saturated heterocycles. The summed E-state index contributed by atoms with van der Waals surface area (Å²) in [4.78, 5) is 22.3. The van der Waals surface area contributed by atoms with E-state index in [1.54, 1.807) is 6.92 Å². The van der Waals surface area contributed by atoms with Gasteiger partial charge < -0.3 is 15.2 Å². The predicted molar refractivity (Wildman–Crippen MR) is 70.6 cm³/mol. The fourth-order valence-corrected chi connectivity index (χ4v) is 2.03.